The first-order chi connectivity index (χ1) is 14.3. The molecule has 0 spiro atoms. The number of benzene rings is 2. The molecule has 0 saturated carbocycles. The summed E-state index contributed by atoms with van der Waals surface area (Å²) in [7, 11) is -4.72. The van der Waals surface area contributed by atoms with E-state index in [-0.39, 0.29) is 16.5 Å². The molecule has 2 rings (SSSR count). The third-order valence-corrected chi connectivity index (χ3v) is 7.05. The van der Waals surface area contributed by atoms with E-state index in [0.717, 1.165) is 14.9 Å². The van der Waals surface area contributed by atoms with Crippen LogP contribution in [0.15, 0.2) is 53.4 Å². The predicted octanol–water partition coefficient (Wildman–Crippen LogP) is 1.30. The molecule has 0 bridgehead atoms. The molecule has 2 amide bonds. The fourth-order valence-corrected chi connectivity index (χ4v) is 4.32. The van der Waals surface area contributed by atoms with Crippen LogP contribution in [-0.4, -0.2) is 59.9 Å². The minimum Gasteiger partial charge on any atom is -0.326 e. The maximum atomic E-state index is 12.4. The molecule has 2 aromatic carbocycles. The Morgan fingerprint density at radius 1 is 0.839 bits per heavy atom. The number of carbonyl (C=O) groups excluding carboxylic acids is 2. The van der Waals surface area contributed by atoms with Crippen molar-refractivity contribution in [2.75, 3.05) is 41.8 Å². The molecule has 0 radical (unpaired) electrons. The molecule has 10 nitrogen and oxygen atoms in total. The molecule has 0 saturated heterocycles. The highest BCUT2D eigenvalue weighted by molar-refractivity contribution is 7.92. The van der Waals surface area contributed by atoms with Gasteiger partial charge in [-0.25, -0.2) is 21.1 Å². The van der Waals surface area contributed by atoms with Crippen molar-refractivity contribution in [3.05, 3.63) is 48.5 Å². The molecular formula is C19H24N4O6S2. The molecular weight excluding hydrogens is 444 g/mol. The summed E-state index contributed by atoms with van der Waals surface area (Å²) in [4.78, 5) is 23.5. The van der Waals surface area contributed by atoms with Gasteiger partial charge < -0.3 is 10.6 Å². The van der Waals surface area contributed by atoms with E-state index >= 15 is 0 Å². The van der Waals surface area contributed by atoms with E-state index in [4.69, 9.17) is 0 Å². The Morgan fingerprint density at radius 3 is 1.74 bits per heavy atom. The molecule has 0 aromatic heterocycles. The second-order valence-corrected chi connectivity index (χ2v) is 10.9. The Bertz CT molecular complexity index is 1160. The highest BCUT2D eigenvalue weighted by Gasteiger charge is 2.23. The average Bonchev–Trinajstić information content (AvgIpc) is 2.66. The van der Waals surface area contributed by atoms with Gasteiger partial charge in [0.05, 0.1) is 16.8 Å². The molecule has 0 aliphatic rings. The van der Waals surface area contributed by atoms with Crippen molar-refractivity contribution in [1.82, 2.24) is 4.31 Å². The van der Waals surface area contributed by atoms with E-state index in [9.17, 15) is 26.4 Å². The zero-order valence-electron chi connectivity index (χ0n) is 17.5. The smallest absolute Gasteiger partial charge is 0.245 e. The summed E-state index contributed by atoms with van der Waals surface area (Å²) in [6.45, 7) is 0.865. The van der Waals surface area contributed by atoms with E-state index < -0.39 is 32.5 Å². The van der Waals surface area contributed by atoms with Crippen molar-refractivity contribution in [3.8, 4) is 0 Å². The second-order valence-electron chi connectivity index (χ2n) is 6.86. The molecule has 0 atom stereocenters. The van der Waals surface area contributed by atoms with Crippen LogP contribution in [0.5, 0.6) is 0 Å². The predicted molar refractivity (Wildman–Crippen MR) is 119 cm³/mol. The van der Waals surface area contributed by atoms with Crippen LogP contribution < -0.4 is 14.9 Å². The first-order valence-corrected chi connectivity index (χ1v) is 12.3. The molecule has 0 heterocycles. The summed E-state index contributed by atoms with van der Waals surface area (Å²) in [6.07, 6.45) is 0.951. The van der Waals surface area contributed by atoms with Gasteiger partial charge in [0.25, 0.3) is 0 Å². The number of carbonyl (C=O) groups is 2. The highest BCUT2D eigenvalue weighted by atomic mass is 32.2. The largest absolute Gasteiger partial charge is 0.326 e. The maximum absolute atomic E-state index is 12.4. The molecule has 31 heavy (non-hydrogen) atoms. The lowest BCUT2D eigenvalue weighted by Crippen LogP contribution is -2.37. The van der Waals surface area contributed by atoms with E-state index in [1.807, 2.05) is 0 Å². The molecule has 2 N–H and O–H groups in total. The Hall–Kier alpha value is -2.96. The van der Waals surface area contributed by atoms with Gasteiger partial charge in [0.2, 0.25) is 31.9 Å². The van der Waals surface area contributed by atoms with Crippen LogP contribution in [-0.2, 0) is 29.6 Å². The van der Waals surface area contributed by atoms with Gasteiger partial charge in [0, 0.05) is 32.4 Å². The summed E-state index contributed by atoms with van der Waals surface area (Å²) in [5.41, 5.74) is 1.12. The minimum absolute atomic E-state index is 0.00147. The summed E-state index contributed by atoms with van der Waals surface area (Å²) in [5, 5.41) is 5.18. The molecule has 168 valence electrons. The van der Waals surface area contributed by atoms with Gasteiger partial charge in [0.1, 0.15) is 6.54 Å². The number of anilines is 3. The van der Waals surface area contributed by atoms with Crippen molar-refractivity contribution in [1.29, 1.82) is 0 Å². The van der Waals surface area contributed by atoms with Crippen molar-refractivity contribution >= 4 is 48.9 Å². The minimum atomic E-state index is -3.83. The Kier molecular flexibility index (Phi) is 7.41. The Morgan fingerprint density at radius 2 is 1.32 bits per heavy atom. The first-order valence-electron chi connectivity index (χ1n) is 8.98. The molecule has 0 fully saturated rings. The maximum Gasteiger partial charge on any atom is 0.245 e. The standard InChI is InChI=1S/C19H24N4O6S2/c1-14(24)20-15-5-7-16(8-6-15)21-19(25)13-23(30(4,26)27)17-9-11-18(12-10-17)31(28,29)22(2)3/h5-12H,13H2,1-4H3,(H,20,24)(H,21,25). The summed E-state index contributed by atoms with van der Waals surface area (Å²) in [6, 6.07) is 11.5. The zero-order valence-corrected chi connectivity index (χ0v) is 19.1. The van der Waals surface area contributed by atoms with Crippen LogP contribution in [0.3, 0.4) is 0 Å². The second kappa shape index (κ2) is 9.45. The van der Waals surface area contributed by atoms with Crippen molar-refractivity contribution in [3.63, 3.8) is 0 Å². The molecule has 2 aromatic rings. The van der Waals surface area contributed by atoms with Gasteiger partial charge in [-0.2, -0.15) is 0 Å². The van der Waals surface area contributed by atoms with Crippen molar-refractivity contribution in [2.45, 2.75) is 11.8 Å². The van der Waals surface area contributed by atoms with Gasteiger partial charge in [0.15, 0.2) is 0 Å². The van der Waals surface area contributed by atoms with Crippen LogP contribution in [0.1, 0.15) is 6.92 Å². The van der Waals surface area contributed by atoms with Gasteiger partial charge in [-0.1, -0.05) is 0 Å². The Labute approximate surface area is 182 Å². The topological polar surface area (TPSA) is 133 Å². The lowest BCUT2D eigenvalue weighted by atomic mass is 10.2. The first kappa shape index (κ1) is 24.3. The number of sulfonamides is 2. The van der Waals surface area contributed by atoms with Crippen LogP contribution >= 0.6 is 0 Å². The molecule has 0 unspecified atom stereocenters. The summed E-state index contributed by atoms with van der Waals surface area (Å²) >= 11 is 0. The average molecular weight is 469 g/mol. The third kappa shape index (κ3) is 6.51. The molecule has 0 aliphatic carbocycles. The van der Waals surface area contributed by atoms with E-state index in [0.29, 0.717) is 11.4 Å². The number of hydrogen-bond donors (Lipinski definition) is 2. The number of hydrogen-bond acceptors (Lipinski definition) is 6. The lowest BCUT2D eigenvalue weighted by Gasteiger charge is -2.22. The van der Waals surface area contributed by atoms with Crippen LogP contribution in [0.2, 0.25) is 0 Å². The quantitative estimate of drug-likeness (QED) is 0.600. The van der Waals surface area contributed by atoms with Crippen molar-refractivity contribution < 1.29 is 26.4 Å². The van der Waals surface area contributed by atoms with Crippen LogP contribution in [0.4, 0.5) is 17.1 Å². The van der Waals surface area contributed by atoms with Crippen molar-refractivity contribution in [2.24, 2.45) is 0 Å². The Balaban J connectivity index is 2.18. The van der Waals surface area contributed by atoms with E-state index in [1.54, 1.807) is 24.3 Å². The molecule has 12 heteroatoms. The fraction of sp³-hybridized carbons (Fsp3) is 0.263. The SMILES string of the molecule is CC(=O)Nc1ccc(NC(=O)CN(c2ccc(S(=O)(=O)N(C)C)cc2)S(C)(=O)=O)cc1. The highest BCUT2D eigenvalue weighted by Crippen LogP contribution is 2.22. The van der Waals surface area contributed by atoms with E-state index in [2.05, 4.69) is 10.6 Å². The normalized spacial score (nSPS) is 11.8. The van der Waals surface area contributed by atoms with Crippen LogP contribution in [0.25, 0.3) is 0 Å². The van der Waals surface area contributed by atoms with Gasteiger partial charge >= 0.3 is 0 Å². The number of nitrogens with zero attached hydrogens (tertiary/aromatic N) is 2. The lowest BCUT2D eigenvalue weighted by molar-refractivity contribution is -0.115. The fourth-order valence-electron chi connectivity index (χ4n) is 2.57. The van der Waals surface area contributed by atoms with E-state index in [1.165, 1.54) is 45.3 Å². The molecule has 0 aliphatic heterocycles. The van der Waals surface area contributed by atoms with Gasteiger partial charge in [-0.05, 0) is 48.5 Å². The number of rotatable bonds is 8. The number of amides is 2. The van der Waals surface area contributed by atoms with Gasteiger partial charge in [-0.3, -0.25) is 13.9 Å². The monoisotopic (exact) mass is 468 g/mol. The van der Waals surface area contributed by atoms with Gasteiger partial charge in [-0.15, -0.1) is 0 Å². The number of nitrogens with one attached hydrogen (secondary N) is 2. The zero-order chi connectivity index (χ0) is 23.4. The third-order valence-electron chi connectivity index (χ3n) is 4.08. The summed E-state index contributed by atoms with van der Waals surface area (Å²) < 4.78 is 50.8. The van der Waals surface area contributed by atoms with Crippen LogP contribution in [0, 0.1) is 0 Å². The summed E-state index contributed by atoms with van der Waals surface area (Å²) in [5.74, 6) is -0.826.